The molecule has 0 amide bonds. The Bertz CT molecular complexity index is 527. The zero-order valence-corrected chi connectivity index (χ0v) is 8.64. The van der Waals surface area contributed by atoms with Crippen molar-refractivity contribution in [2.75, 3.05) is 0 Å². The molecule has 76 valence electrons. The second kappa shape index (κ2) is 2.92. The van der Waals surface area contributed by atoms with Gasteiger partial charge in [-0.15, -0.1) is 0 Å². The van der Waals surface area contributed by atoms with Crippen molar-refractivity contribution in [2.45, 2.75) is 19.3 Å². The second-order valence-corrected chi connectivity index (χ2v) is 4.25. The van der Waals surface area contributed by atoms with Gasteiger partial charge < -0.3 is 5.41 Å². The molecule has 0 spiro atoms. The molecule has 0 bridgehead atoms. The molecule has 1 aliphatic carbocycles. The lowest BCUT2D eigenvalue weighted by molar-refractivity contribution is 0.919. The smallest absolute Gasteiger partial charge is 0.0699 e. The Hall–Kier alpha value is -1.64. The second-order valence-electron chi connectivity index (χ2n) is 4.25. The number of fused-ring (bicyclic) bond motifs is 1. The van der Waals surface area contributed by atoms with Crippen molar-refractivity contribution >= 4 is 11.7 Å². The topological polar surface area (TPSA) is 41.2 Å². The first kappa shape index (κ1) is 8.65. The van der Waals surface area contributed by atoms with Crippen LogP contribution in [-0.2, 0) is 0 Å². The fraction of sp³-hybridized carbons (Fsp3) is 0.333. The largest absolute Gasteiger partial charge is 0.313 e. The van der Waals surface area contributed by atoms with Crippen LogP contribution in [0.1, 0.15) is 23.6 Å². The van der Waals surface area contributed by atoms with Crippen LogP contribution in [0.5, 0.6) is 0 Å². The molecule has 3 heteroatoms. The number of aromatic nitrogens is 2. The zero-order valence-electron chi connectivity index (χ0n) is 8.64. The van der Waals surface area contributed by atoms with Gasteiger partial charge in [-0.25, -0.2) is 4.52 Å². The molecule has 2 atom stereocenters. The Kier molecular flexibility index (Phi) is 1.69. The summed E-state index contributed by atoms with van der Waals surface area (Å²) in [6.07, 6.45) is 4.67. The molecule has 1 N–H and O–H groups in total. The molecule has 2 heterocycles. The van der Waals surface area contributed by atoms with Crippen LogP contribution in [0.4, 0.5) is 0 Å². The van der Waals surface area contributed by atoms with E-state index in [0.29, 0.717) is 11.8 Å². The number of pyridine rings is 1. The lowest BCUT2D eigenvalue weighted by Gasteiger charge is -2.01. The predicted octanol–water partition coefficient (Wildman–Crippen LogP) is 2.40. The third-order valence-electron chi connectivity index (χ3n) is 3.11. The van der Waals surface area contributed by atoms with E-state index in [4.69, 9.17) is 5.41 Å². The van der Waals surface area contributed by atoms with Crippen LogP contribution in [0, 0.1) is 18.3 Å². The summed E-state index contributed by atoms with van der Waals surface area (Å²) in [4.78, 5) is 0. The van der Waals surface area contributed by atoms with Crippen LogP contribution in [0.2, 0.25) is 0 Å². The first-order chi connectivity index (χ1) is 7.29. The lowest BCUT2D eigenvalue weighted by atomic mass is 10.1. The summed E-state index contributed by atoms with van der Waals surface area (Å²) >= 11 is 0. The van der Waals surface area contributed by atoms with Crippen molar-refractivity contribution < 1.29 is 0 Å². The van der Waals surface area contributed by atoms with Gasteiger partial charge in [0, 0.05) is 12.1 Å². The summed E-state index contributed by atoms with van der Waals surface area (Å²) in [5.74, 6) is 0.994. The molecule has 0 aromatic carbocycles. The van der Waals surface area contributed by atoms with E-state index in [9.17, 15) is 0 Å². The monoisotopic (exact) mass is 199 g/mol. The van der Waals surface area contributed by atoms with Gasteiger partial charge in [-0.05, 0) is 43.2 Å². The molecule has 1 saturated carbocycles. The maximum atomic E-state index is 7.27. The quantitative estimate of drug-likeness (QED) is 0.741. The van der Waals surface area contributed by atoms with Crippen LogP contribution in [0.15, 0.2) is 24.4 Å². The van der Waals surface area contributed by atoms with Crippen molar-refractivity contribution in [3.8, 4) is 0 Å². The van der Waals surface area contributed by atoms with Crippen LogP contribution in [0.3, 0.4) is 0 Å². The lowest BCUT2D eigenvalue weighted by Crippen LogP contribution is -1.91. The molecule has 1 aliphatic rings. The summed E-state index contributed by atoms with van der Waals surface area (Å²) in [7, 11) is 0. The van der Waals surface area contributed by atoms with Crippen LogP contribution < -0.4 is 0 Å². The van der Waals surface area contributed by atoms with E-state index < -0.39 is 0 Å². The number of rotatable bonds is 2. The molecule has 2 unspecified atom stereocenters. The molecule has 2 aromatic heterocycles. The standard InChI is InChI=1S/C12H13N3/c1-8-5-12-10(11-6-9(11)7-13)3-2-4-15(12)14-8/h2-5,7,9,11,13H,6H2,1H3. The average molecular weight is 199 g/mol. The third-order valence-corrected chi connectivity index (χ3v) is 3.11. The Morgan fingerprint density at radius 1 is 1.60 bits per heavy atom. The summed E-state index contributed by atoms with van der Waals surface area (Å²) in [6, 6.07) is 6.31. The number of nitrogens with one attached hydrogen (secondary N) is 1. The first-order valence-corrected chi connectivity index (χ1v) is 5.25. The minimum atomic E-state index is 0.450. The van der Waals surface area contributed by atoms with E-state index in [1.54, 1.807) is 6.21 Å². The maximum Gasteiger partial charge on any atom is 0.0699 e. The van der Waals surface area contributed by atoms with Crippen molar-refractivity contribution in [2.24, 2.45) is 5.92 Å². The van der Waals surface area contributed by atoms with Gasteiger partial charge >= 0.3 is 0 Å². The van der Waals surface area contributed by atoms with E-state index in [1.807, 2.05) is 23.7 Å². The third kappa shape index (κ3) is 1.27. The van der Waals surface area contributed by atoms with Crippen molar-refractivity contribution in [3.63, 3.8) is 0 Å². The summed E-state index contributed by atoms with van der Waals surface area (Å²) < 4.78 is 1.93. The van der Waals surface area contributed by atoms with Gasteiger partial charge in [0.1, 0.15) is 0 Å². The Morgan fingerprint density at radius 2 is 2.47 bits per heavy atom. The van der Waals surface area contributed by atoms with Gasteiger partial charge in [0.25, 0.3) is 0 Å². The van der Waals surface area contributed by atoms with Gasteiger partial charge in [0.15, 0.2) is 0 Å². The Balaban J connectivity index is 2.14. The molecule has 0 saturated heterocycles. The number of hydrogen-bond acceptors (Lipinski definition) is 2. The molecule has 0 radical (unpaired) electrons. The average Bonchev–Trinajstić information content (AvgIpc) is 2.91. The van der Waals surface area contributed by atoms with Gasteiger partial charge in [-0.3, -0.25) is 0 Å². The van der Waals surface area contributed by atoms with Crippen molar-refractivity contribution in [1.29, 1.82) is 5.41 Å². The SMILES string of the molecule is Cc1cc2c(C3CC3C=N)cccn2n1. The van der Waals surface area contributed by atoms with E-state index in [1.165, 1.54) is 11.1 Å². The maximum absolute atomic E-state index is 7.27. The zero-order chi connectivity index (χ0) is 10.4. The van der Waals surface area contributed by atoms with Crippen LogP contribution in [-0.4, -0.2) is 15.8 Å². The Labute approximate surface area is 88.2 Å². The van der Waals surface area contributed by atoms with Gasteiger partial charge in [0.2, 0.25) is 0 Å². The molecule has 1 fully saturated rings. The van der Waals surface area contributed by atoms with E-state index in [0.717, 1.165) is 12.1 Å². The fourth-order valence-electron chi connectivity index (χ4n) is 2.23. The van der Waals surface area contributed by atoms with E-state index in [2.05, 4.69) is 17.2 Å². The highest BCUT2D eigenvalue weighted by molar-refractivity contribution is 5.68. The molecule has 3 rings (SSSR count). The minimum Gasteiger partial charge on any atom is -0.313 e. The highest BCUT2D eigenvalue weighted by Gasteiger charge is 2.37. The predicted molar refractivity (Wildman–Crippen MR) is 59.6 cm³/mol. The normalized spacial score (nSPS) is 24.3. The number of hydrogen-bond donors (Lipinski definition) is 1. The summed E-state index contributed by atoms with van der Waals surface area (Å²) in [5.41, 5.74) is 3.59. The minimum absolute atomic E-state index is 0.450. The highest BCUT2D eigenvalue weighted by Crippen LogP contribution is 2.47. The van der Waals surface area contributed by atoms with Crippen LogP contribution >= 0.6 is 0 Å². The number of nitrogens with zero attached hydrogens (tertiary/aromatic N) is 2. The van der Waals surface area contributed by atoms with E-state index >= 15 is 0 Å². The first-order valence-electron chi connectivity index (χ1n) is 5.25. The summed E-state index contributed by atoms with van der Waals surface area (Å²) in [5, 5.41) is 11.7. The molecule has 3 nitrogen and oxygen atoms in total. The highest BCUT2D eigenvalue weighted by atomic mass is 15.2. The van der Waals surface area contributed by atoms with Gasteiger partial charge in [-0.2, -0.15) is 5.10 Å². The molecular formula is C12H13N3. The molecular weight excluding hydrogens is 186 g/mol. The van der Waals surface area contributed by atoms with E-state index in [-0.39, 0.29) is 0 Å². The van der Waals surface area contributed by atoms with Crippen molar-refractivity contribution in [3.05, 3.63) is 35.7 Å². The molecule has 15 heavy (non-hydrogen) atoms. The molecule has 0 aliphatic heterocycles. The van der Waals surface area contributed by atoms with Gasteiger partial charge in [0.05, 0.1) is 11.2 Å². The molecule has 2 aromatic rings. The fourth-order valence-corrected chi connectivity index (χ4v) is 2.23. The Morgan fingerprint density at radius 3 is 3.20 bits per heavy atom. The van der Waals surface area contributed by atoms with Crippen LogP contribution in [0.25, 0.3) is 5.52 Å². The summed E-state index contributed by atoms with van der Waals surface area (Å²) in [6.45, 7) is 2.01. The van der Waals surface area contributed by atoms with Gasteiger partial charge in [-0.1, -0.05) is 6.07 Å². The number of aryl methyl sites for hydroxylation is 1. The van der Waals surface area contributed by atoms with Crippen molar-refractivity contribution in [1.82, 2.24) is 9.61 Å².